The number of hydrogen-bond donors (Lipinski definition) is 2. The number of carbonyl (C=O) groups is 1. The smallest absolute Gasteiger partial charge is 0.315 e. The molecule has 0 aliphatic carbocycles. The fraction of sp³-hybridized carbons (Fsp3) is 0.316. The van der Waals surface area contributed by atoms with Gasteiger partial charge in [-0.3, -0.25) is 4.90 Å². The number of nitrogens with zero attached hydrogens (tertiary/aromatic N) is 1. The number of benzene rings is 2. The van der Waals surface area contributed by atoms with Crippen LogP contribution in [0.4, 0.5) is 9.18 Å². The maximum absolute atomic E-state index is 12.8. The predicted octanol–water partition coefficient (Wildman–Crippen LogP) is 2.90. The van der Waals surface area contributed by atoms with E-state index in [1.165, 1.54) is 17.7 Å². The Morgan fingerprint density at radius 3 is 2.58 bits per heavy atom. The summed E-state index contributed by atoms with van der Waals surface area (Å²) in [5.41, 5.74) is 2.17. The van der Waals surface area contributed by atoms with E-state index in [2.05, 4.69) is 27.7 Å². The summed E-state index contributed by atoms with van der Waals surface area (Å²) in [5.74, 6) is -0.271. The highest BCUT2D eigenvalue weighted by Gasteiger charge is 2.23. The Hall–Kier alpha value is -2.40. The highest BCUT2D eigenvalue weighted by atomic mass is 19.1. The van der Waals surface area contributed by atoms with Crippen molar-refractivity contribution >= 4 is 6.03 Å². The van der Waals surface area contributed by atoms with Gasteiger partial charge in [-0.1, -0.05) is 42.5 Å². The zero-order valence-electron chi connectivity index (χ0n) is 13.5. The molecule has 0 spiro atoms. The number of rotatable bonds is 5. The van der Waals surface area contributed by atoms with E-state index in [1.807, 2.05) is 18.2 Å². The van der Waals surface area contributed by atoms with Gasteiger partial charge < -0.3 is 10.6 Å². The first-order valence-electron chi connectivity index (χ1n) is 8.24. The van der Waals surface area contributed by atoms with Crippen molar-refractivity contribution < 1.29 is 9.18 Å². The molecule has 3 rings (SSSR count). The summed E-state index contributed by atoms with van der Waals surface area (Å²) in [6.07, 6.45) is 0.955. The number of amides is 2. The highest BCUT2D eigenvalue weighted by molar-refractivity contribution is 5.74. The monoisotopic (exact) mass is 327 g/mol. The molecule has 2 N–H and O–H groups in total. The molecule has 5 heteroatoms. The Bertz CT molecular complexity index is 660. The van der Waals surface area contributed by atoms with Crippen LogP contribution in [0.2, 0.25) is 0 Å². The van der Waals surface area contributed by atoms with Gasteiger partial charge in [0.25, 0.3) is 0 Å². The molecule has 0 radical (unpaired) electrons. The third-order valence-electron chi connectivity index (χ3n) is 4.22. The topological polar surface area (TPSA) is 44.4 Å². The number of nitrogens with one attached hydrogen (secondary N) is 2. The Balaban J connectivity index is 1.40. The molecule has 2 aromatic rings. The molecular formula is C19H22FN3O. The minimum absolute atomic E-state index is 0.168. The van der Waals surface area contributed by atoms with Crippen molar-refractivity contribution in [3.05, 3.63) is 71.5 Å². The molecule has 1 saturated heterocycles. The van der Waals surface area contributed by atoms with E-state index in [4.69, 9.17) is 0 Å². The number of halogens is 1. The predicted molar refractivity (Wildman–Crippen MR) is 91.9 cm³/mol. The normalized spacial score (nSPS) is 17.6. The van der Waals surface area contributed by atoms with Gasteiger partial charge in [-0.2, -0.15) is 0 Å². The first-order valence-corrected chi connectivity index (χ1v) is 8.24. The van der Waals surface area contributed by atoms with E-state index >= 15 is 0 Å². The molecule has 2 amide bonds. The standard InChI is InChI=1S/C19H22FN3O/c20-17-8-6-15(7-9-17)12-21-19(24)22-18-10-11-23(14-18)13-16-4-2-1-3-5-16/h1-9,18H,10-14H2,(H2,21,22,24). The van der Waals surface area contributed by atoms with E-state index < -0.39 is 0 Å². The second-order valence-corrected chi connectivity index (χ2v) is 6.16. The van der Waals surface area contributed by atoms with E-state index in [-0.39, 0.29) is 17.9 Å². The molecule has 1 fully saturated rings. The lowest BCUT2D eigenvalue weighted by atomic mass is 10.2. The van der Waals surface area contributed by atoms with Crippen LogP contribution in [-0.4, -0.2) is 30.1 Å². The average Bonchev–Trinajstić information content (AvgIpc) is 3.02. The van der Waals surface area contributed by atoms with Gasteiger partial charge in [0, 0.05) is 32.2 Å². The second kappa shape index (κ2) is 7.93. The van der Waals surface area contributed by atoms with Gasteiger partial charge in [-0.15, -0.1) is 0 Å². The third-order valence-corrected chi connectivity index (χ3v) is 4.22. The molecular weight excluding hydrogens is 305 g/mol. The molecule has 1 heterocycles. The summed E-state index contributed by atoms with van der Waals surface area (Å²) >= 11 is 0. The number of urea groups is 1. The second-order valence-electron chi connectivity index (χ2n) is 6.16. The maximum Gasteiger partial charge on any atom is 0.315 e. The molecule has 1 atom stereocenters. The van der Waals surface area contributed by atoms with E-state index in [0.29, 0.717) is 6.54 Å². The van der Waals surface area contributed by atoms with Crippen molar-refractivity contribution in [2.24, 2.45) is 0 Å². The van der Waals surface area contributed by atoms with Crippen LogP contribution in [0.15, 0.2) is 54.6 Å². The van der Waals surface area contributed by atoms with E-state index in [9.17, 15) is 9.18 Å². The van der Waals surface area contributed by atoms with Crippen LogP contribution >= 0.6 is 0 Å². The molecule has 0 saturated carbocycles. The van der Waals surface area contributed by atoms with Crippen LogP contribution in [0.3, 0.4) is 0 Å². The van der Waals surface area contributed by atoms with Crippen LogP contribution in [0.5, 0.6) is 0 Å². The molecule has 1 aliphatic heterocycles. The fourth-order valence-corrected chi connectivity index (χ4v) is 2.96. The van der Waals surface area contributed by atoms with Crippen molar-refractivity contribution in [1.29, 1.82) is 0 Å². The largest absolute Gasteiger partial charge is 0.334 e. The quantitative estimate of drug-likeness (QED) is 0.887. The number of carbonyl (C=O) groups excluding carboxylic acids is 1. The van der Waals surface area contributed by atoms with Gasteiger partial charge in [-0.05, 0) is 29.7 Å². The molecule has 1 aliphatic rings. The van der Waals surface area contributed by atoms with Crippen LogP contribution < -0.4 is 10.6 Å². The van der Waals surface area contributed by atoms with Gasteiger partial charge >= 0.3 is 6.03 Å². The molecule has 4 nitrogen and oxygen atoms in total. The molecule has 1 unspecified atom stereocenters. The summed E-state index contributed by atoms with van der Waals surface area (Å²) in [4.78, 5) is 14.3. The Morgan fingerprint density at radius 2 is 1.83 bits per heavy atom. The van der Waals surface area contributed by atoms with Crippen LogP contribution in [0.1, 0.15) is 17.5 Å². The van der Waals surface area contributed by atoms with Crippen molar-refractivity contribution in [3.8, 4) is 0 Å². The van der Waals surface area contributed by atoms with Gasteiger partial charge in [0.05, 0.1) is 0 Å². The molecule has 0 aromatic heterocycles. The third kappa shape index (κ3) is 4.80. The van der Waals surface area contributed by atoms with Crippen molar-refractivity contribution in [1.82, 2.24) is 15.5 Å². The Morgan fingerprint density at radius 1 is 1.08 bits per heavy atom. The molecule has 126 valence electrons. The van der Waals surface area contributed by atoms with Crippen LogP contribution in [-0.2, 0) is 13.1 Å². The van der Waals surface area contributed by atoms with Gasteiger partial charge in [-0.25, -0.2) is 9.18 Å². The highest BCUT2D eigenvalue weighted by Crippen LogP contribution is 2.13. The first-order chi connectivity index (χ1) is 11.7. The fourth-order valence-electron chi connectivity index (χ4n) is 2.96. The van der Waals surface area contributed by atoms with Gasteiger partial charge in [0.15, 0.2) is 0 Å². The summed E-state index contributed by atoms with van der Waals surface area (Å²) in [7, 11) is 0. The Labute approximate surface area is 141 Å². The van der Waals surface area contributed by atoms with Crippen molar-refractivity contribution in [2.45, 2.75) is 25.6 Å². The zero-order chi connectivity index (χ0) is 16.8. The zero-order valence-corrected chi connectivity index (χ0v) is 13.5. The van der Waals surface area contributed by atoms with E-state index in [0.717, 1.165) is 31.6 Å². The lowest BCUT2D eigenvalue weighted by Gasteiger charge is -2.17. The minimum atomic E-state index is -0.271. The van der Waals surface area contributed by atoms with Crippen LogP contribution in [0, 0.1) is 5.82 Å². The number of likely N-dealkylation sites (tertiary alicyclic amines) is 1. The molecule has 24 heavy (non-hydrogen) atoms. The summed E-state index contributed by atoms with van der Waals surface area (Å²) in [6.45, 7) is 3.15. The molecule has 0 bridgehead atoms. The number of hydrogen-bond acceptors (Lipinski definition) is 2. The van der Waals surface area contributed by atoms with Crippen molar-refractivity contribution in [3.63, 3.8) is 0 Å². The average molecular weight is 327 g/mol. The maximum atomic E-state index is 12.8. The van der Waals surface area contributed by atoms with Crippen LogP contribution in [0.25, 0.3) is 0 Å². The lowest BCUT2D eigenvalue weighted by Crippen LogP contribution is -2.43. The molecule has 2 aromatic carbocycles. The lowest BCUT2D eigenvalue weighted by molar-refractivity contribution is 0.235. The minimum Gasteiger partial charge on any atom is -0.334 e. The summed E-state index contributed by atoms with van der Waals surface area (Å²) in [6, 6.07) is 16.5. The summed E-state index contributed by atoms with van der Waals surface area (Å²) < 4.78 is 12.8. The Kier molecular flexibility index (Phi) is 5.43. The SMILES string of the molecule is O=C(NCc1ccc(F)cc1)NC1CCN(Cc2ccccc2)C1. The van der Waals surface area contributed by atoms with Crippen molar-refractivity contribution in [2.75, 3.05) is 13.1 Å². The first kappa shape index (κ1) is 16.5. The van der Waals surface area contributed by atoms with Gasteiger partial charge in [0.2, 0.25) is 0 Å². The summed E-state index contributed by atoms with van der Waals surface area (Å²) in [5, 5.41) is 5.83. The van der Waals surface area contributed by atoms with E-state index in [1.54, 1.807) is 12.1 Å². The van der Waals surface area contributed by atoms with Gasteiger partial charge in [0.1, 0.15) is 5.82 Å².